The molecule has 0 spiro atoms. The molecule has 2 heterocycles. The van der Waals surface area contributed by atoms with Crippen LogP contribution in [0.2, 0.25) is 0 Å². The lowest BCUT2D eigenvalue weighted by atomic mass is 10.2. The van der Waals surface area contributed by atoms with Crippen LogP contribution in [0.15, 0.2) is 4.63 Å². The van der Waals surface area contributed by atoms with Crippen molar-refractivity contribution in [3.8, 4) is 0 Å². The van der Waals surface area contributed by atoms with Crippen LogP contribution in [-0.2, 0) is 0 Å². The van der Waals surface area contributed by atoms with Gasteiger partial charge in [0.15, 0.2) is 5.69 Å². The first-order valence-corrected chi connectivity index (χ1v) is 5.64. The average Bonchev–Trinajstić information content (AvgIpc) is 2.76. The molecule has 0 bridgehead atoms. The van der Waals surface area contributed by atoms with Gasteiger partial charge in [-0.15, -0.1) is 0 Å². The molecule has 7 nitrogen and oxygen atoms in total. The van der Waals surface area contributed by atoms with Gasteiger partial charge in [-0.25, -0.2) is 4.63 Å². The maximum Gasteiger partial charge on any atom is 0.278 e. The molecule has 0 aromatic carbocycles. The van der Waals surface area contributed by atoms with E-state index in [4.69, 9.17) is 5.11 Å². The lowest BCUT2D eigenvalue weighted by Gasteiger charge is -2.33. The molecule has 94 valence electrons. The van der Waals surface area contributed by atoms with Crippen molar-refractivity contribution in [2.24, 2.45) is 0 Å². The lowest BCUT2D eigenvalue weighted by molar-refractivity contribution is 0.0604. The number of aliphatic hydroxyl groups excluding tert-OH is 1. The zero-order chi connectivity index (χ0) is 12.3. The van der Waals surface area contributed by atoms with E-state index in [1.165, 1.54) is 0 Å². The third kappa shape index (κ3) is 2.62. The Bertz CT molecular complexity index is 385. The van der Waals surface area contributed by atoms with Crippen LogP contribution in [0.3, 0.4) is 0 Å². The highest BCUT2D eigenvalue weighted by Crippen LogP contribution is 2.09. The fourth-order valence-electron chi connectivity index (χ4n) is 1.89. The molecule has 1 amide bonds. The lowest BCUT2D eigenvalue weighted by Crippen LogP contribution is -2.49. The van der Waals surface area contributed by atoms with Crippen LogP contribution in [0, 0.1) is 6.92 Å². The van der Waals surface area contributed by atoms with E-state index in [-0.39, 0.29) is 12.5 Å². The number of aliphatic hydroxyl groups is 1. The first kappa shape index (κ1) is 12.0. The van der Waals surface area contributed by atoms with E-state index in [0.29, 0.717) is 31.0 Å². The predicted octanol–water partition coefficient (Wildman–Crippen LogP) is -0.872. The summed E-state index contributed by atoms with van der Waals surface area (Å²) < 4.78 is 4.53. The highest BCUT2D eigenvalue weighted by Gasteiger charge is 2.25. The number of rotatable bonds is 3. The number of β-amino-alcohol motifs (C(OH)–C–C–N with tert-alkyl or cyclic N) is 1. The molecule has 7 heteroatoms. The molecule has 1 aliphatic rings. The minimum absolute atomic E-state index is 0.132. The van der Waals surface area contributed by atoms with Crippen molar-refractivity contribution in [3.05, 3.63) is 11.4 Å². The average molecular weight is 240 g/mol. The first-order chi connectivity index (χ1) is 8.22. The van der Waals surface area contributed by atoms with E-state index in [1.807, 2.05) is 0 Å². The summed E-state index contributed by atoms with van der Waals surface area (Å²) in [7, 11) is 0. The number of nitrogens with zero attached hydrogens (tertiary/aromatic N) is 4. The number of hydrogen-bond acceptors (Lipinski definition) is 6. The Kier molecular flexibility index (Phi) is 3.70. The van der Waals surface area contributed by atoms with Gasteiger partial charge < -0.3 is 10.0 Å². The first-order valence-electron chi connectivity index (χ1n) is 5.64. The quantitative estimate of drug-likeness (QED) is 0.739. The second-order valence-corrected chi connectivity index (χ2v) is 4.06. The van der Waals surface area contributed by atoms with E-state index in [0.717, 1.165) is 13.1 Å². The second-order valence-electron chi connectivity index (χ2n) is 4.06. The van der Waals surface area contributed by atoms with Crippen molar-refractivity contribution in [1.82, 2.24) is 20.1 Å². The minimum atomic E-state index is -0.132. The van der Waals surface area contributed by atoms with Gasteiger partial charge in [0.1, 0.15) is 5.69 Å². The molecule has 0 atom stereocenters. The standard InChI is InChI=1S/C10H16N4O3/c1-8-9(12-17-11-8)10(16)14-4-2-13(3-5-14)6-7-15/h15H,2-7H2,1H3. The third-order valence-corrected chi connectivity index (χ3v) is 2.93. The van der Waals surface area contributed by atoms with Gasteiger partial charge in [0, 0.05) is 32.7 Å². The molecule has 0 unspecified atom stereocenters. The summed E-state index contributed by atoms with van der Waals surface area (Å²) in [6.45, 7) is 5.35. The Balaban J connectivity index is 1.93. The Labute approximate surface area is 99.0 Å². The zero-order valence-electron chi connectivity index (χ0n) is 9.80. The smallest absolute Gasteiger partial charge is 0.278 e. The summed E-state index contributed by atoms with van der Waals surface area (Å²) in [6, 6.07) is 0. The normalized spacial score (nSPS) is 17.4. The fourth-order valence-corrected chi connectivity index (χ4v) is 1.89. The molecule has 17 heavy (non-hydrogen) atoms. The summed E-state index contributed by atoms with van der Waals surface area (Å²) in [5, 5.41) is 16.0. The maximum absolute atomic E-state index is 12.0. The van der Waals surface area contributed by atoms with Crippen LogP contribution < -0.4 is 0 Å². The third-order valence-electron chi connectivity index (χ3n) is 2.93. The molecular weight excluding hydrogens is 224 g/mol. The molecule has 0 aliphatic carbocycles. The van der Waals surface area contributed by atoms with Crippen molar-refractivity contribution < 1.29 is 14.5 Å². The number of aromatic nitrogens is 2. The largest absolute Gasteiger partial charge is 0.395 e. The molecule has 0 saturated carbocycles. The molecule has 1 aliphatic heterocycles. The Morgan fingerprint density at radius 3 is 2.59 bits per heavy atom. The second kappa shape index (κ2) is 5.24. The van der Waals surface area contributed by atoms with Crippen LogP contribution >= 0.6 is 0 Å². The number of carbonyl (C=O) groups excluding carboxylic acids is 1. The van der Waals surface area contributed by atoms with E-state index in [2.05, 4.69) is 19.8 Å². The van der Waals surface area contributed by atoms with Gasteiger partial charge in [-0.1, -0.05) is 5.16 Å². The molecule has 2 rings (SSSR count). The number of carbonyl (C=O) groups is 1. The van der Waals surface area contributed by atoms with Gasteiger partial charge in [0.25, 0.3) is 5.91 Å². The van der Waals surface area contributed by atoms with Gasteiger partial charge >= 0.3 is 0 Å². The molecule has 1 fully saturated rings. The minimum Gasteiger partial charge on any atom is -0.395 e. The molecule has 1 saturated heterocycles. The van der Waals surface area contributed by atoms with Gasteiger partial charge in [0.05, 0.1) is 6.61 Å². The Morgan fingerprint density at radius 1 is 1.35 bits per heavy atom. The van der Waals surface area contributed by atoms with Crippen molar-refractivity contribution in [2.45, 2.75) is 6.92 Å². The van der Waals surface area contributed by atoms with E-state index >= 15 is 0 Å². The molecular formula is C10H16N4O3. The molecule has 1 aromatic heterocycles. The van der Waals surface area contributed by atoms with Crippen molar-refractivity contribution in [1.29, 1.82) is 0 Å². The Morgan fingerprint density at radius 2 is 2.06 bits per heavy atom. The van der Waals surface area contributed by atoms with Crippen LogP contribution in [0.5, 0.6) is 0 Å². The highest BCUT2D eigenvalue weighted by atomic mass is 16.6. The van der Waals surface area contributed by atoms with Crippen LogP contribution in [-0.4, -0.2) is 70.5 Å². The molecule has 1 aromatic rings. The highest BCUT2D eigenvalue weighted by molar-refractivity contribution is 5.93. The van der Waals surface area contributed by atoms with Gasteiger partial charge in [-0.2, -0.15) is 0 Å². The monoisotopic (exact) mass is 240 g/mol. The fraction of sp³-hybridized carbons (Fsp3) is 0.700. The predicted molar refractivity (Wildman–Crippen MR) is 58.5 cm³/mol. The molecule has 1 N–H and O–H groups in total. The van der Waals surface area contributed by atoms with Crippen LogP contribution in [0.4, 0.5) is 0 Å². The van der Waals surface area contributed by atoms with Crippen molar-refractivity contribution >= 4 is 5.91 Å². The van der Waals surface area contributed by atoms with E-state index in [1.54, 1.807) is 11.8 Å². The maximum atomic E-state index is 12.0. The SMILES string of the molecule is Cc1nonc1C(=O)N1CCN(CCO)CC1. The van der Waals surface area contributed by atoms with Crippen LogP contribution in [0.25, 0.3) is 0 Å². The molecule has 0 radical (unpaired) electrons. The number of hydrogen-bond donors (Lipinski definition) is 1. The number of piperazine rings is 1. The van der Waals surface area contributed by atoms with E-state index in [9.17, 15) is 4.79 Å². The van der Waals surface area contributed by atoms with Gasteiger partial charge in [0.2, 0.25) is 0 Å². The van der Waals surface area contributed by atoms with Gasteiger partial charge in [-0.05, 0) is 12.1 Å². The van der Waals surface area contributed by atoms with Crippen LogP contribution in [0.1, 0.15) is 16.2 Å². The summed E-state index contributed by atoms with van der Waals surface area (Å²) in [5.74, 6) is -0.132. The topological polar surface area (TPSA) is 82.7 Å². The van der Waals surface area contributed by atoms with Crippen molar-refractivity contribution in [3.63, 3.8) is 0 Å². The number of amides is 1. The summed E-state index contributed by atoms with van der Waals surface area (Å²) >= 11 is 0. The van der Waals surface area contributed by atoms with E-state index < -0.39 is 0 Å². The van der Waals surface area contributed by atoms with Gasteiger partial charge in [-0.3, -0.25) is 9.69 Å². The summed E-state index contributed by atoms with van der Waals surface area (Å²) in [4.78, 5) is 15.9. The summed E-state index contributed by atoms with van der Waals surface area (Å²) in [5.41, 5.74) is 0.813. The van der Waals surface area contributed by atoms with Crippen molar-refractivity contribution in [2.75, 3.05) is 39.3 Å². The zero-order valence-corrected chi connectivity index (χ0v) is 9.80. The summed E-state index contributed by atoms with van der Waals surface area (Å²) in [6.07, 6.45) is 0. The Hall–Kier alpha value is -1.47. The number of aryl methyl sites for hydroxylation is 1.